The highest BCUT2D eigenvalue weighted by molar-refractivity contribution is 7.80. The van der Waals surface area contributed by atoms with E-state index in [-0.39, 0.29) is 11.2 Å². The zero-order chi connectivity index (χ0) is 13.4. The first-order chi connectivity index (χ1) is 8.65. The average Bonchev–Trinajstić information content (AvgIpc) is 2.38. The summed E-state index contributed by atoms with van der Waals surface area (Å²) in [5.41, 5.74) is 0.140. The molecule has 1 aromatic carbocycles. The summed E-state index contributed by atoms with van der Waals surface area (Å²) in [7, 11) is 0. The van der Waals surface area contributed by atoms with Crippen molar-refractivity contribution in [1.29, 1.82) is 0 Å². The Balaban J connectivity index is 2.63. The summed E-state index contributed by atoms with van der Waals surface area (Å²) in [6.45, 7) is 5.03. The van der Waals surface area contributed by atoms with Crippen LogP contribution in [0.4, 0.5) is 4.39 Å². The number of thiol groups is 1. The lowest BCUT2D eigenvalue weighted by Gasteiger charge is -2.31. The fourth-order valence-electron chi connectivity index (χ4n) is 2.30. The lowest BCUT2D eigenvalue weighted by molar-refractivity contribution is 0.143. The molecule has 0 N–H and O–H groups in total. The Morgan fingerprint density at radius 3 is 2.11 bits per heavy atom. The van der Waals surface area contributed by atoms with Crippen molar-refractivity contribution in [3.8, 4) is 5.75 Å². The van der Waals surface area contributed by atoms with Crippen LogP contribution in [-0.4, -0.2) is 12.4 Å². The van der Waals surface area contributed by atoms with Gasteiger partial charge in [-0.15, -0.1) is 0 Å². The van der Waals surface area contributed by atoms with Crippen LogP contribution < -0.4 is 4.74 Å². The Bertz CT molecular complexity index is 331. The third-order valence-corrected chi connectivity index (χ3v) is 3.93. The highest BCUT2D eigenvalue weighted by Gasteiger charge is 2.27. The highest BCUT2D eigenvalue weighted by Crippen LogP contribution is 2.32. The van der Waals surface area contributed by atoms with E-state index in [9.17, 15) is 4.39 Å². The maximum atomic E-state index is 12.8. The summed E-state index contributed by atoms with van der Waals surface area (Å²) in [5.74, 6) is 1.33. The van der Waals surface area contributed by atoms with E-state index in [0.717, 1.165) is 37.2 Å². The highest BCUT2D eigenvalue weighted by atomic mass is 32.1. The first kappa shape index (κ1) is 15.4. The van der Waals surface area contributed by atoms with Crippen LogP contribution in [0, 0.1) is 11.2 Å². The summed E-state index contributed by atoms with van der Waals surface area (Å²) in [5, 5.41) is 0. The Morgan fingerprint density at radius 2 is 1.67 bits per heavy atom. The number of halogens is 1. The molecule has 0 heterocycles. The van der Waals surface area contributed by atoms with Crippen LogP contribution in [0.25, 0.3) is 0 Å². The van der Waals surface area contributed by atoms with Gasteiger partial charge in [-0.1, -0.05) is 26.7 Å². The molecule has 0 bridgehead atoms. The van der Waals surface area contributed by atoms with Crippen molar-refractivity contribution in [3.05, 3.63) is 30.1 Å². The van der Waals surface area contributed by atoms with Crippen molar-refractivity contribution in [3.63, 3.8) is 0 Å². The Labute approximate surface area is 115 Å². The summed E-state index contributed by atoms with van der Waals surface area (Å²) in [6.07, 6.45) is 4.50. The van der Waals surface area contributed by atoms with Gasteiger partial charge in [0.15, 0.2) is 0 Å². The van der Waals surface area contributed by atoms with E-state index in [0.29, 0.717) is 6.61 Å². The monoisotopic (exact) mass is 270 g/mol. The van der Waals surface area contributed by atoms with Crippen molar-refractivity contribution in [2.75, 3.05) is 12.4 Å². The first-order valence-electron chi connectivity index (χ1n) is 6.65. The second-order valence-corrected chi connectivity index (χ2v) is 5.22. The van der Waals surface area contributed by atoms with Crippen LogP contribution in [0.2, 0.25) is 0 Å². The molecule has 18 heavy (non-hydrogen) atoms. The summed E-state index contributed by atoms with van der Waals surface area (Å²) in [6, 6.07) is 6.21. The first-order valence-corrected chi connectivity index (χ1v) is 7.28. The van der Waals surface area contributed by atoms with E-state index in [4.69, 9.17) is 4.74 Å². The molecule has 0 fully saturated rings. The van der Waals surface area contributed by atoms with Crippen LogP contribution in [0.5, 0.6) is 5.75 Å². The van der Waals surface area contributed by atoms with Crippen molar-refractivity contribution in [2.24, 2.45) is 5.41 Å². The molecule has 0 aliphatic rings. The molecule has 0 unspecified atom stereocenters. The van der Waals surface area contributed by atoms with Gasteiger partial charge in [0.1, 0.15) is 11.6 Å². The van der Waals surface area contributed by atoms with Gasteiger partial charge in [-0.05, 0) is 42.9 Å². The largest absolute Gasteiger partial charge is 0.493 e. The average molecular weight is 270 g/mol. The van der Waals surface area contributed by atoms with E-state index < -0.39 is 0 Å². The molecule has 1 rings (SSSR count). The Kier molecular flexibility index (Phi) is 6.55. The predicted octanol–water partition coefficient (Wildman–Crippen LogP) is 4.72. The minimum Gasteiger partial charge on any atom is -0.493 e. The SMILES string of the molecule is CCCC(CS)(CCC)COc1ccc(F)cc1. The zero-order valence-corrected chi connectivity index (χ0v) is 12.2. The summed E-state index contributed by atoms with van der Waals surface area (Å²) < 4.78 is 18.6. The Hall–Kier alpha value is -0.700. The van der Waals surface area contributed by atoms with Crippen LogP contribution >= 0.6 is 12.6 Å². The topological polar surface area (TPSA) is 9.23 Å². The molecule has 0 saturated heterocycles. The molecule has 0 saturated carbocycles. The number of hydrogen-bond acceptors (Lipinski definition) is 2. The number of hydrogen-bond donors (Lipinski definition) is 1. The minimum absolute atomic E-state index is 0.140. The maximum absolute atomic E-state index is 12.8. The number of benzene rings is 1. The van der Waals surface area contributed by atoms with E-state index in [2.05, 4.69) is 26.5 Å². The standard InChI is InChI=1S/C15H23FOS/c1-3-9-15(12-18,10-4-2)11-17-14-7-5-13(16)6-8-14/h5-8,18H,3-4,9-12H2,1-2H3. The summed E-state index contributed by atoms with van der Waals surface area (Å²) in [4.78, 5) is 0. The van der Waals surface area contributed by atoms with Crippen LogP contribution in [0.1, 0.15) is 39.5 Å². The predicted molar refractivity (Wildman–Crippen MR) is 78.0 cm³/mol. The van der Waals surface area contributed by atoms with E-state index in [1.165, 1.54) is 12.1 Å². The van der Waals surface area contributed by atoms with Crippen molar-refractivity contribution in [2.45, 2.75) is 39.5 Å². The molecule has 0 atom stereocenters. The van der Waals surface area contributed by atoms with Gasteiger partial charge in [-0.2, -0.15) is 12.6 Å². The van der Waals surface area contributed by atoms with Crippen LogP contribution in [-0.2, 0) is 0 Å². The molecular weight excluding hydrogens is 247 g/mol. The molecule has 0 aliphatic heterocycles. The van der Waals surface area contributed by atoms with Gasteiger partial charge in [0, 0.05) is 5.41 Å². The zero-order valence-electron chi connectivity index (χ0n) is 11.3. The fraction of sp³-hybridized carbons (Fsp3) is 0.600. The van der Waals surface area contributed by atoms with Crippen LogP contribution in [0.15, 0.2) is 24.3 Å². The molecule has 3 heteroatoms. The van der Waals surface area contributed by atoms with Gasteiger partial charge in [0.25, 0.3) is 0 Å². The van der Waals surface area contributed by atoms with Gasteiger partial charge < -0.3 is 4.74 Å². The fourth-order valence-corrected chi connectivity index (χ4v) is 2.71. The van der Waals surface area contributed by atoms with Crippen molar-refractivity contribution >= 4 is 12.6 Å². The van der Waals surface area contributed by atoms with E-state index in [1.807, 2.05) is 0 Å². The lowest BCUT2D eigenvalue weighted by atomic mass is 9.82. The number of ether oxygens (including phenoxy) is 1. The molecule has 0 radical (unpaired) electrons. The quantitative estimate of drug-likeness (QED) is 0.672. The van der Waals surface area contributed by atoms with Gasteiger partial charge in [-0.3, -0.25) is 0 Å². The molecule has 1 nitrogen and oxygen atoms in total. The molecule has 102 valence electrons. The smallest absolute Gasteiger partial charge is 0.123 e. The molecule has 0 aliphatic carbocycles. The summed E-state index contributed by atoms with van der Waals surface area (Å²) >= 11 is 4.49. The van der Waals surface area contributed by atoms with Crippen molar-refractivity contribution < 1.29 is 9.13 Å². The molecule has 1 aromatic rings. The molecule has 0 aromatic heterocycles. The van der Waals surface area contributed by atoms with Gasteiger partial charge in [0.05, 0.1) is 6.61 Å². The lowest BCUT2D eigenvalue weighted by Crippen LogP contribution is -2.30. The molecule has 0 spiro atoms. The van der Waals surface area contributed by atoms with Crippen LogP contribution in [0.3, 0.4) is 0 Å². The third-order valence-electron chi connectivity index (χ3n) is 3.25. The van der Waals surface area contributed by atoms with E-state index in [1.54, 1.807) is 12.1 Å². The molecular formula is C15H23FOS. The van der Waals surface area contributed by atoms with Gasteiger partial charge in [0.2, 0.25) is 0 Å². The van der Waals surface area contributed by atoms with Crippen molar-refractivity contribution in [1.82, 2.24) is 0 Å². The Morgan fingerprint density at radius 1 is 1.11 bits per heavy atom. The third kappa shape index (κ3) is 4.52. The number of rotatable bonds is 8. The molecule has 0 amide bonds. The minimum atomic E-state index is -0.232. The van der Waals surface area contributed by atoms with Gasteiger partial charge >= 0.3 is 0 Å². The second kappa shape index (κ2) is 7.67. The van der Waals surface area contributed by atoms with E-state index >= 15 is 0 Å². The van der Waals surface area contributed by atoms with Gasteiger partial charge in [-0.25, -0.2) is 4.39 Å². The maximum Gasteiger partial charge on any atom is 0.123 e. The normalized spacial score (nSPS) is 11.6. The second-order valence-electron chi connectivity index (χ2n) is 4.90.